The van der Waals surface area contributed by atoms with E-state index in [9.17, 15) is 9.59 Å². The summed E-state index contributed by atoms with van der Waals surface area (Å²) in [6.45, 7) is 0.185. The van der Waals surface area contributed by atoms with Gasteiger partial charge in [0.2, 0.25) is 5.91 Å². The second kappa shape index (κ2) is 13.9. The third-order valence-corrected chi connectivity index (χ3v) is 6.67. The maximum atomic E-state index is 14.1. The number of carbonyl (C=O) groups excluding carboxylic acids is 2. The molecule has 0 fully saturated rings. The highest BCUT2D eigenvalue weighted by Crippen LogP contribution is 2.34. The summed E-state index contributed by atoms with van der Waals surface area (Å²) in [6, 6.07) is 28.2. The van der Waals surface area contributed by atoms with Gasteiger partial charge in [0.05, 0.1) is 34.9 Å². The fourth-order valence-corrected chi connectivity index (χ4v) is 4.50. The second-order valence-corrected chi connectivity index (χ2v) is 9.27. The highest BCUT2D eigenvalue weighted by atomic mass is 16.5. The lowest BCUT2D eigenvalue weighted by molar-refractivity contribution is -0.139. The minimum Gasteiger partial charge on any atom is -0.497 e. The average molecular weight is 555 g/mol. The quantitative estimate of drug-likeness (QED) is 0.243. The molecule has 1 atom stereocenters. The lowest BCUT2D eigenvalue weighted by Gasteiger charge is -2.32. The van der Waals surface area contributed by atoms with Crippen molar-refractivity contribution in [2.45, 2.75) is 19.0 Å². The second-order valence-electron chi connectivity index (χ2n) is 9.27. The van der Waals surface area contributed by atoms with Gasteiger partial charge in [-0.1, -0.05) is 48.5 Å². The van der Waals surface area contributed by atoms with Gasteiger partial charge in [-0.2, -0.15) is 0 Å². The van der Waals surface area contributed by atoms with Crippen LogP contribution in [0.15, 0.2) is 97.1 Å². The van der Waals surface area contributed by atoms with Crippen LogP contribution < -0.4 is 24.3 Å². The van der Waals surface area contributed by atoms with E-state index >= 15 is 0 Å². The molecule has 0 saturated heterocycles. The van der Waals surface area contributed by atoms with Crippen molar-refractivity contribution in [1.82, 2.24) is 4.90 Å². The molecule has 0 bridgehead atoms. The van der Waals surface area contributed by atoms with Crippen molar-refractivity contribution in [3.8, 4) is 23.0 Å². The van der Waals surface area contributed by atoms with Gasteiger partial charge < -0.3 is 29.2 Å². The zero-order valence-corrected chi connectivity index (χ0v) is 23.6. The van der Waals surface area contributed by atoms with Crippen LogP contribution in [0.2, 0.25) is 0 Å². The Labute approximate surface area is 240 Å². The molecule has 0 saturated carbocycles. The first-order valence-corrected chi connectivity index (χ1v) is 13.1. The maximum Gasteiger partial charge on any atom is 0.251 e. The highest BCUT2D eigenvalue weighted by molar-refractivity contribution is 5.98. The summed E-state index contributed by atoms with van der Waals surface area (Å²) < 4.78 is 21.5. The zero-order valence-electron chi connectivity index (χ0n) is 23.6. The molecule has 1 N–H and O–H groups in total. The third-order valence-electron chi connectivity index (χ3n) is 6.67. The van der Waals surface area contributed by atoms with Crippen LogP contribution in [0.25, 0.3) is 0 Å². The van der Waals surface area contributed by atoms with Crippen molar-refractivity contribution < 1.29 is 28.5 Å². The van der Waals surface area contributed by atoms with Crippen LogP contribution in [-0.4, -0.2) is 45.2 Å². The molecule has 0 aliphatic carbocycles. The van der Waals surface area contributed by atoms with Crippen LogP contribution in [-0.2, 0) is 22.6 Å². The molecule has 2 amide bonds. The van der Waals surface area contributed by atoms with Crippen molar-refractivity contribution in [3.63, 3.8) is 0 Å². The number of carbonyl (C=O) groups is 2. The zero-order chi connectivity index (χ0) is 29.2. The van der Waals surface area contributed by atoms with E-state index in [1.54, 1.807) is 68.7 Å². The summed E-state index contributed by atoms with van der Waals surface area (Å²) in [7, 11) is 6.26. The van der Waals surface area contributed by atoms with Gasteiger partial charge >= 0.3 is 0 Å². The molecule has 212 valence electrons. The maximum absolute atomic E-state index is 14.1. The first-order chi connectivity index (χ1) is 19.9. The van der Waals surface area contributed by atoms with Gasteiger partial charge in [0.1, 0.15) is 17.5 Å². The Kier molecular flexibility index (Phi) is 9.83. The molecular formula is C33H34N2O6. The minimum atomic E-state index is -0.991. The first kappa shape index (κ1) is 29.0. The predicted octanol–water partition coefficient (Wildman–Crippen LogP) is 5.67. The van der Waals surface area contributed by atoms with Gasteiger partial charge in [0, 0.05) is 12.2 Å². The molecule has 0 aromatic heterocycles. The number of rotatable bonds is 12. The van der Waals surface area contributed by atoms with Crippen molar-refractivity contribution in [2.75, 3.05) is 33.8 Å². The van der Waals surface area contributed by atoms with Crippen molar-refractivity contribution >= 4 is 17.5 Å². The summed E-state index contributed by atoms with van der Waals surface area (Å²) in [4.78, 5) is 29.7. The van der Waals surface area contributed by atoms with Crippen molar-refractivity contribution in [2.24, 2.45) is 0 Å². The van der Waals surface area contributed by atoms with Gasteiger partial charge in [0.15, 0.2) is 11.5 Å². The smallest absolute Gasteiger partial charge is 0.251 e. The fourth-order valence-electron chi connectivity index (χ4n) is 4.50. The Morgan fingerprint density at radius 3 is 1.88 bits per heavy atom. The number of hydrogen-bond donors (Lipinski definition) is 1. The topological polar surface area (TPSA) is 86.3 Å². The van der Waals surface area contributed by atoms with Crippen LogP contribution >= 0.6 is 0 Å². The van der Waals surface area contributed by atoms with E-state index in [0.717, 1.165) is 11.1 Å². The predicted molar refractivity (Wildman–Crippen MR) is 158 cm³/mol. The molecule has 41 heavy (non-hydrogen) atoms. The van der Waals surface area contributed by atoms with Gasteiger partial charge in [-0.3, -0.25) is 9.59 Å². The van der Waals surface area contributed by atoms with Crippen LogP contribution in [0, 0.1) is 0 Å². The lowest BCUT2D eigenvalue weighted by Crippen LogP contribution is -2.41. The van der Waals surface area contributed by atoms with E-state index in [-0.39, 0.29) is 24.8 Å². The molecule has 4 aromatic carbocycles. The van der Waals surface area contributed by atoms with E-state index in [1.165, 1.54) is 7.11 Å². The van der Waals surface area contributed by atoms with Gasteiger partial charge in [-0.25, -0.2) is 0 Å². The van der Waals surface area contributed by atoms with Gasteiger partial charge in [-0.05, 0) is 65.2 Å². The molecule has 4 aromatic rings. The number of hydrogen-bond acceptors (Lipinski definition) is 6. The molecule has 4 rings (SSSR count). The van der Waals surface area contributed by atoms with Crippen LogP contribution in [0.4, 0.5) is 5.69 Å². The third kappa shape index (κ3) is 7.36. The molecule has 0 aliphatic heterocycles. The molecule has 8 heteroatoms. The van der Waals surface area contributed by atoms with Crippen LogP contribution in [0.3, 0.4) is 0 Å². The number of benzene rings is 4. The molecule has 1 unspecified atom stereocenters. The first-order valence-electron chi connectivity index (χ1n) is 13.1. The Morgan fingerprint density at radius 1 is 0.683 bits per heavy atom. The molecule has 0 aliphatic rings. The van der Waals surface area contributed by atoms with Crippen LogP contribution in [0.1, 0.15) is 22.7 Å². The Balaban J connectivity index is 1.78. The van der Waals surface area contributed by atoms with E-state index in [0.29, 0.717) is 34.2 Å². The Hall–Kier alpha value is -4.98. The Bertz CT molecular complexity index is 1440. The number of amides is 2. The average Bonchev–Trinajstić information content (AvgIpc) is 3.01. The van der Waals surface area contributed by atoms with Crippen molar-refractivity contribution in [1.29, 1.82) is 0 Å². The summed E-state index contributed by atoms with van der Waals surface area (Å²) in [5.41, 5.74) is 2.83. The van der Waals surface area contributed by atoms with E-state index in [4.69, 9.17) is 18.9 Å². The monoisotopic (exact) mass is 554 g/mol. The van der Waals surface area contributed by atoms with Crippen LogP contribution in [0.5, 0.6) is 23.0 Å². The standard InChI is InChI=1S/C33H34N2O6/c1-38-27-15-10-24(11-16-27)22-35(31(36)20-23-8-6-5-7-9-23)32(25-12-19-29(40-3)30(21-25)41-4)33(37)34-26-13-17-28(39-2)18-14-26/h5-19,21,32H,20,22H2,1-4H3,(H,34,37). The summed E-state index contributed by atoms with van der Waals surface area (Å²) in [5, 5.41) is 2.98. The number of nitrogens with one attached hydrogen (secondary N) is 1. The van der Waals surface area contributed by atoms with Crippen molar-refractivity contribution in [3.05, 3.63) is 114 Å². The highest BCUT2D eigenvalue weighted by Gasteiger charge is 2.32. The van der Waals surface area contributed by atoms with Gasteiger partial charge in [0.25, 0.3) is 5.91 Å². The largest absolute Gasteiger partial charge is 0.497 e. The number of methoxy groups -OCH3 is 4. The van der Waals surface area contributed by atoms with E-state index in [1.807, 2.05) is 54.6 Å². The number of ether oxygens (including phenoxy) is 4. The molecule has 0 spiro atoms. The summed E-state index contributed by atoms with van der Waals surface area (Å²) in [6.07, 6.45) is 0.122. The fraction of sp³-hybridized carbons (Fsp3) is 0.212. The number of anilines is 1. The SMILES string of the molecule is COc1ccc(CN(C(=O)Cc2ccccc2)C(C(=O)Nc2ccc(OC)cc2)c2ccc(OC)c(OC)c2)cc1. The summed E-state index contributed by atoms with van der Waals surface area (Å²) >= 11 is 0. The normalized spacial score (nSPS) is 11.2. The lowest BCUT2D eigenvalue weighted by atomic mass is 10.0. The summed E-state index contributed by atoms with van der Waals surface area (Å²) in [5.74, 6) is 1.74. The van der Waals surface area contributed by atoms with E-state index in [2.05, 4.69) is 5.32 Å². The molecule has 8 nitrogen and oxygen atoms in total. The van der Waals surface area contributed by atoms with Gasteiger partial charge in [-0.15, -0.1) is 0 Å². The molecular weight excluding hydrogens is 520 g/mol. The molecule has 0 radical (unpaired) electrons. The molecule has 0 heterocycles. The Morgan fingerprint density at radius 2 is 1.29 bits per heavy atom. The minimum absolute atomic E-state index is 0.122. The van der Waals surface area contributed by atoms with E-state index < -0.39 is 6.04 Å². The number of nitrogens with zero attached hydrogens (tertiary/aromatic N) is 1.